The van der Waals surface area contributed by atoms with E-state index >= 15 is 0 Å². The van der Waals surface area contributed by atoms with E-state index in [1.807, 2.05) is 11.9 Å². The summed E-state index contributed by atoms with van der Waals surface area (Å²) in [4.78, 5) is 16.4. The summed E-state index contributed by atoms with van der Waals surface area (Å²) in [5, 5.41) is 8.69. The van der Waals surface area contributed by atoms with Crippen molar-refractivity contribution in [3.63, 3.8) is 0 Å². The molecule has 0 aliphatic carbocycles. The van der Waals surface area contributed by atoms with Gasteiger partial charge in [0.15, 0.2) is 5.69 Å². The zero-order valence-corrected chi connectivity index (χ0v) is 9.23. The van der Waals surface area contributed by atoms with Crippen LogP contribution in [0.3, 0.4) is 0 Å². The Hall–Kier alpha value is -1.52. The monoisotopic (exact) mass is 212 g/mol. The molecule has 5 nitrogen and oxygen atoms in total. The molecule has 5 heteroatoms. The van der Waals surface area contributed by atoms with Gasteiger partial charge in [0.25, 0.3) is 6.01 Å². The fourth-order valence-corrected chi connectivity index (χ4v) is 1.52. The van der Waals surface area contributed by atoms with Gasteiger partial charge in [0.2, 0.25) is 0 Å². The van der Waals surface area contributed by atoms with E-state index in [4.69, 9.17) is 9.52 Å². The largest absolute Gasteiger partial charge is 0.476 e. The zero-order chi connectivity index (χ0) is 11.4. The molecule has 15 heavy (non-hydrogen) atoms. The molecule has 0 aromatic carbocycles. The lowest BCUT2D eigenvalue weighted by atomic mass is 10.1. The van der Waals surface area contributed by atoms with E-state index in [0.29, 0.717) is 12.1 Å². The Bertz CT molecular complexity index is 331. The highest BCUT2D eigenvalue weighted by Gasteiger charge is 2.18. The number of rotatable bonds is 5. The molecule has 0 amide bonds. The van der Waals surface area contributed by atoms with Gasteiger partial charge < -0.3 is 14.4 Å². The number of aromatic carboxylic acids is 1. The minimum Gasteiger partial charge on any atom is -0.476 e. The number of nitrogens with zero attached hydrogens (tertiary/aromatic N) is 2. The van der Waals surface area contributed by atoms with Crippen molar-refractivity contribution in [3.8, 4) is 0 Å². The summed E-state index contributed by atoms with van der Waals surface area (Å²) in [6.45, 7) is 4.15. The third-order valence-corrected chi connectivity index (χ3v) is 2.50. The summed E-state index contributed by atoms with van der Waals surface area (Å²) in [7, 11) is 1.86. The third-order valence-electron chi connectivity index (χ3n) is 2.50. The van der Waals surface area contributed by atoms with Crippen LogP contribution in [0.2, 0.25) is 0 Å². The number of carbonyl (C=O) groups is 1. The molecule has 0 aliphatic heterocycles. The Labute approximate surface area is 88.7 Å². The summed E-state index contributed by atoms with van der Waals surface area (Å²) in [6.07, 6.45) is 3.10. The highest BCUT2D eigenvalue weighted by atomic mass is 16.4. The average molecular weight is 212 g/mol. The fourth-order valence-electron chi connectivity index (χ4n) is 1.52. The van der Waals surface area contributed by atoms with Gasteiger partial charge in [-0.05, 0) is 12.8 Å². The number of carboxylic acid groups (broad SMARTS) is 1. The summed E-state index contributed by atoms with van der Waals surface area (Å²) >= 11 is 0. The summed E-state index contributed by atoms with van der Waals surface area (Å²) < 4.78 is 5.11. The Morgan fingerprint density at radius 3 is 2.60 bits per heavy atom. The molecule has 0 spiro atoms. The Morgan fingerprint density at radius 2 is 2.20 bits per heavy atom. The first-order valence-corrected chi connectivity index (χ1v) is 5.01. The van der Waals surface area contributed by atoms with Crippen LogP contribution in [0, 0.1) is 0 Å². The molecule has 0 atom stereocenters. The minimum atomic E-state index is -1.07. The van der Waals surface area contributed by atoms with Gasteiger partial charge in [0.05, 0.1) is 0 Å². The minimum absolute atomic E-state index is 0.0530. The smallest absolute Gasteiger partial charge is 0.357 e. The van der Waals surface area contributed by atoms with Gasteiger partial charge >= 0.3 is 5.97 Å². The molecule has 1 rings (SSSR count). The highest BCUT2D eigenvalue weighted by Crippen LogP contribution is 2.17. The normalized spacial score (nSPS) is 10.7. The number of aromatic nitrogens is 1. The maximum atomic E-state index is 10.6. The fraction of sp³-hybridized carbons (Fsp3) is 0.600. The number of anilines is 1. The predicted molar refractivity (Wildman–Crippen MR) is 56.2 cm³/mol. The maximum absolute atomic E-state index is 10.6. The average Bonchev–Trinajstić information content (AvgIpc) is 2.68. The highest BCUT2D eigenvalue weighted by molar-refractivity contribution is 5.85. The molecule has 0 bridgehead atoms. The maximum Gasteiger partial charge on any atom is 0.357 e. The van der Waals surface area contributed by atoms with Gasteiger partial charge in [-0.2, -0.15) is 4.98 Å². The summed E-state index contributed by atoms with van der Waals surface area (Å²) in [6, 6.07) is 0.686. The second-order valence-corrected chi connectivity index (χ2v) is 3.40. The van der Waals surface area contributed by atoms with Crippen molar-refractivity contribution in [2.75, 3.05) is 11.9 Å². The van der Waals surface area contributed by atoms with Crippen molar-refractivity contribution in [2.24, 2.45) is 0 Å². The standard InChI is InChI=1S/C10H16N2O3/c1-4-7(5-2)12(3)10-11-8(6-15-10)9(13)14/h6-7H,4-5H2,1-3H3,(H,13,14). The van der Waals surface area contributed by atoms with Gasteiger partial charge in [0, 0.05) is 13.1 Å². The Morgan fingerprint density at radius 1 is 1.60 bits per heavy atom. The number of hydrogen-bond acceptors (Lipinski definition) is 4. The molecular formula is C10H16N2O3. The topological polar surface area (TPSA) is 66.6 Å². The zero-order valence-electron chi connectivity index (χ0n) is 9.23. The van der Waals surface area contributed by atoms with Crippen LogP contribution in [0.25, 0.3) is 0 Å². The van der Waals surface area contributed by atoms with Crippen LogP contribution in [-0.4, -0.2) is 29.1 Å². The second kappa shape index (κ2) is 4.82. The van der Waals surface area contributed by atoms with E-state index in [1.165, 1.54) is 0 Å². The van der Waals surface area contributed by atoms with Gasteiger partial charge in [-0.1, -0.05) is 13.8 Å². The molecule has 0 saturated carbocycles. The molecule has 0 radical (unpaired) electrons. The van der Waals surface area contributed by atoms with Crippen molar-refractivity contribution < 1.29 is 14.3 Å². The first-order chi connectivity index (χ1) is 7.10. The molecule has 0 saturated heterocycles. The Kier molecular flexibility index (Phi) is 3.71. The van der Waals surface area contributed by atoms with Crippen LogP contribution in [0.1, 0.15) is 37.2 Å². The van der Waals surface area contributed by atoms with E-state index in [9.17, 15) is 4.79 Å². The lowest BCUT2D eigenvalue weighted by molar-refractivity contribution is 0.0690. The van der Waals surface area contributed by atoms with Gasteiger partial charge in [-0.25, -0.2) is 4.79 Å². The second-order valence-electron chi connectivity index (χ2n) is 3.40. The van der Waals surface area contributed by atoms with Crippen LogP contribution in [0.4, 0.5) is 6.01 Å². The Balaban J connectivity index is 2.81. The first kappa shape index (κ1) is 11.6. The van der Waals surface area contributed by atoms with Crippen molar-refractivity contribution in [2.45, 2.75) is 32.7 Å². The van der Waals surface area contributed by atoms with Crippen LogP contribution >= 0.6 is 0 Å². The van der Waals surface area contributed by atoms with Crippen molar-refractivity contribution >= 4 is 12.0 Å². The number of carboxylic acids is 1. The lowest BCUT2D eigenvalue weighted by Gasteiger charge is -2.24. The quantitative estimate of drug-likeness (QED) is 0.808. The molecule has 1 N–H and O–H groups in total. The van der Waals surface area contributed by atoms with Crippen molar-refractivity contribution in [1.82, 2.24) is 4.98 Å². The molecule has 1 aromatic rings. The molecule has 0 fully saturated rings. The van der Waals surface area contributed by atoms with Crippen LogP contribution in [0.15, 0.2) is 10.7 Å². The van der Waals surface area contributed by atoms with Crippen LogP contribution < -0.4 is 4.90 Å². The molecule has 84 valence electrons. The van der Waals surface area contributed by atoms with E-state index in [0.717, 1.165) is 19.1 Å². The molecule has 0 unspecified atom stereocenters. The lowest BCUT2D eigenvalue weighted by Crippen LogP contribution is -2.30. The number of hydrogen-bond donors (Lipinski definition) is 1. The van der Waals surface area contributed by atoms with E-state index in [-0.39, 0.29) is 5.69 Å². The summed E-state index contributed by atoms with van der Waals surface area (Å²) in [5.41, 5.74) is -0.0530. The van der Waals surface area contributed by atoms with Crippen LogP contribution in [0.5, 0.6) is 0 Å². The first-order valence-electron chi connectivity index (χ1n) is 5.01. The van der Waals surface area contributed by atoms with Gasteiger partial charge in [-0.15, -0.1) is 0 Å². The van der Waals surface area contributed by atoms with Gasteiger partial charge in [-0.3, -0.25) is 0 Å². The van der Waals surface area contributed by atoms with E-state index < -0.39 is 5.97 Å². The van der Waals surface area contributed by atoms with E-state index in [1.54, 1.807) is 0 Å². The molecule has 1 heterocycles. The van der Waals surface area contributed by atoms with E-state index in [2.05, 4.69) is 18.8 Å². The van der Waals surface area contributed by atoms with Crippen LogP contribution in [-0.2, 0) is 0 Å². The van der Waals surface area contributed by atoms with Gasteiger partial charge in [0.1, 0.15) is 6.26 Å². The summed E-state index contributed by atoms with van der Waals surface area (Å²) in [5.74, 6) is -1.07. The third kappa shape index (κ3) is 2.49. The predicted octanol–water partition coefficient (Wildman–Crippen LogP) is 2.00. The molecule has 0 aliphatic rings. The number of oxazole rings is 1. The molecule has 1 aromatic heterocycles. The SMILES string of the molecule is CCC(CC)N(C)c1nc(C(=O)O)co1. The van der Waals surface area contributed by atoms with Crippen molar-refractivity contribution in [3.05, 3.63) is 12.0 Å². The molecular weight excluding hydrogens is 196 g/mol. The van der Waals surface area contributed by atoms with Crippen molar-refractivity contribution in [1.29, 1.82) is 0 Å².